The van der Waals surface area contributed by atoms with Gasteiger partial charge in [0.15, 0.2) is 0 Å². The number of nitrogens with two attached hydrogens (primary N) is 1. The van der Waals surface area contributed by atoms with Crippen LogP contribution in [0.15, 0.2) is 0 Å². The lowest BCUT2D eigenvalue weighted by Crippen LogP contribution is -2.41. The predicted molar refractivity (Wildman–Crippen MR) is 48.2 cm³/mol. The van der Waals surface area contributed by atoms with E-state index in [2.05, 4.69) is 0 Å². The second-order valence-corrected chi connectivity index (χ2v) is 4.31. The summed E-state index contributed by atoms with van der Waals surface area (Å²) in [5, 5.41) is 0. The Morgan fingerprint density at radius 3 is 2.36 bits per heavy atom. The van der Waals surface area contributed by atoms with E-state index in [9.17, 15) is 8.78 Å². The highest BCUT2D eigenvalue weighted by Gasteiger charge is 2.40. The summed E-state index contributed by atoms with van der Waals surface area (Å²) in [6.07, 6.45) is 0. The Morgan fingerprint density at radius 2 is 1.86 bits per heavy atom. The van der Waals surface area contributed by atoms with Crippen LogP contribution in [-0.2, 0) is 4.74 Å². The van der Waals surface area contributed by atoms with E-state index in [1.807, 2.05) is 4.90 Å². The van der Waals surface area contributed by atoms with Crippen molar-refractivity contribution in [3.63, 3.8) is 0 Å². The zero-order valence-electron chi connectivity index (χ0n) is 8.09. The summed E-state index contributed by atoms with van der Waals surface area (Å²) in [6, 6.07) is 0. The largest absolute Gasteiger partial charge is 0.381 e. The van der Waals surface area contributed by atoms with Crippen LogP contribution in [0.5, 0.6) is 0 Å². The molecule has 2 heterocycles. The van der Waals surface area contributed by atoms with Gasteiger partial charge in [-0.1, -0.05) is 0 Å². The van der Waals surface area contributed by atoms with Crippen LogP contribution in [0.3, 0.4) is 0 Å². The quantitative estimate of drug-likeness (QED) is 0.715. The van der Waals surface area contributed by atoms with Crippen LogP contribution in [0.1, 0.15) is 0 Å². The third-order valence-corrected chi connectivity index (χ3v) is 3.07. The summed E-state index contributed by atoms with van der Waals surface area (Å²) < 4.78 is 31.2. The van der Waals surface area contributed by atoms with Crippen molar-refractivity contribution in [1.82, 2.24) is 4.90 Å². The minimum atomic E-state index is -2.74. The first-order chi connectivity index (χ1) is 6.61. The molecule has 0 bridgehead atoms. The Kier molecular flexibility index (Phi) is 2.72. The molecule has 2 rings (SSSR count). The van der Waals surface area contributed by atoms with Gasteiger partial charge in [0.1, 0.15) is 0 Å². The van der Waals surface area contributed by atoms with E-state index < -0.39 is 12.5 Å². The molecule has 0 saturated carbocycles. The monoisotopic (exact) mass is 206 g/mol. The maximum atomic E-state index is 13.0. The van der Waals surface area contributed by atoms with Gasteiger partial charge in [-0.05, 0) is 0 Å². The van der Waals surface area contributed by atoms with Crippen molar-refractivity contribution < 1.29 is 13.5 Å². The molecule has 0 radical (unpaired) electrons. The van der Waals surface area contributed by atoms with Gasteiger partial charge < -0.3 is 10.5 Å². The molecule has 14 heavy (non-hydrogen) atoms. The van der Waals surface area contributed by atoms with E-state index in [-0.39, 0.29) is 6.54 Å². The second-order valence-electron chi connectivity index (χ2n) is 4.31. The van der Waals surface area contributed by atoms with Crippen molar-refractivity contribution >= 4 is 0 Å². The zero-order valence-corrected chi connectivity index (χ0v) is 8.09. The van der Waals surface area contributed by atoms with Gasteiger partial charge in [-0.15, -0.1) is 0 Å². The number of alkyl halides is 2. The summed E-state index contributed by atoms with van der Waals surface area (Å²) in [5.74, 6) is -1.81. The first-order valence-corrected chi connectivity index (χ1v) is 4.99. The Balaban J connectivity index is 1.84. The summed E-state index contributed by atoms with van der Waals surface area (Å²) >= 11 is 0. The number of halogens is 2. The van der Waals surface area contributed by atoms with Crippen LogP contribution in [0, 0.1) is 11.8 Å². The molecule has 0 aliphatic carbocycles. The number of rotatable bonds is 3. The van der Waals surface area contributed by atoms with Crippen LogP contribution >= 0.6 is 0 Å². The molecule has 0 aromatic rings. The summed E-state index contributed by atoms with van der Waals surface area (Å²) in [4.78, 5) is 1.81. The van der Waals surface area contributed by atoms with Crippen LogP contribution in [0.2, 0.25) is 0 Å². The van der Waals surface area contributed by atoms with Crippen molar-refractivity contribution in [2.75, 3.05) is 39.4 Å². The number of ether oxygens (including phenoxy) is 1. The normalized spacial score (nSPS) is 33.6. The highest BCUT2D eigenvalue weighted by Crippen LogP contribution is 2.30. The van der Waals surface area contributed by atoms with E-state index in [0.717, 1.165) is 26.3 Å². The molecule has 3 nitrogen and oxygen atoms in total. The summed E-state index contributed by atoms with van der Waals surface area (Å²) in [6.45, 7) is 2.18. The fraction of sp³-hybridized carbons (Fsp3) is 1.00. The second kappa shape index (κ2) is 3.72. The van der Waals surface area contributed by atoms with Gasteiger partial charge >= 0.3 is 0 Å². The molecule has 2 fully saturated rings. The molecule has 2 saturated heterocycles. The average Bonchev–Trinajstić information content (AvgIpc) is 2.63. The van der Waals surface area contributed by atoms with Crippen molar-refractivity contribution in [3.8, 4) is 0 Å². The molecular formula is C9H16F2N2O. The summed E-state index contributed by atoms with van der Waals surface area (Å²) in [7, 11) is 0. The standard InChI is InChI=1S/C9H16F2N2O/c10-9(11,5-12)6-13-1-7-3-14-4-8(7)2-13/h7-8H,1-6,12H2. The number of fused-ring (bicyclic) bond motifs is 1. The van der Waals surface area contributed by atoms with E-state index in [0.29, 0.717) is 11.8 Å². The lowest BCUT2D eigenvalue weighted by molar-refractivity contribution is -0.0216. The molecule has 82 valence electrons. The van der Waals surface area contributed by atoms with Crippen molar-refractivity contribution in [1.29, 1.82) is 0 Å². The number of hydrogen-bond donors (Lipinski definition) is 1. The molecular weight excluding hydrogens is 190 g/mol. The minimum Gasteiger partial charge on any atom is -0.381 e. The number of likely N-dealkylation sites (tertiary alicyclic amines) is 1. The topological polar surface area (TPSA) is 38.5 Å². The molecule has 5 heteroatoms. The molecule has 2 N–H and O–H groups in total. The average molecular weight is 206 g/mol. The van der Waals surface area contributed by atoms with Crippen LogP contribution in [0.4, 0.5) is 8.78 Å². The smallest absolute Gasteiger partial charge is 0.272 e. The van der Waals surface area contributed by atoms with Gasteiger partial charge in [0, 0.05) is 24.9 Å². The predicted octanol–water partition coefficient (Wildman–Crippen LogP) is 0.159. The fourth-order valence-electron chi connectivity index (χ4n) is 2.31. The Morgan fingerprint density at radius 1 is 1.29 bits per heavy atom. The summed E-state index contributed by atoms with van der Waals surface area (Å²) in [5.41, 5.74) is 5.00. The Bertz CT molecular complexity index is 201. The van der Waals surface area contributed by atoms with Crippen molar-refractivity contribution in [3.05, 3.63) is 0 Å². The highest BCUT2D eigenvalue weighted by molar-refractivity contribution is 4.89. The molecule has 2 atom stereocenters. The first kappa shape index (κ1) is 10.3. The van der Waals surface area contributed by atoms with Gasteiger partial charge in [-0.3, -0.25) is 4.90 Å². The Labute approximate surface area is 82.2 Å². The van der Waals surface area contributed by atoms with E-state index in [1.54, 1.807) is 0 Å². The first-order valence-electron chi connectivity index (χ1n) is 4.99. The van der Waals surface area contributed by atoms with Gasteiger partial charge in [-0.2, -0.15) is 0 Å². The molecule has 0 aromatic heterocycles. The van der Waals surface area contributed by atoms with E-state index >= 15 is 0 Å². The maximum Gasteiger partial charge on any atom is 0.272 e. The molecule has 2 aliphatic rings. The fourth-order valence-corrected chi connectivity index (χ4v) is 2.31. The van der Waals surface area contributed by atoms with Gasteiger partial charge in [0.25, 0.3) is 5.92 Å². The lowest BCUT2D eigenvalue weighted by Gasteiger charge is -2.22. The zero-order chi connectivity index (χ0) is 10.2. The SMILES string of the molecule is NCC(F)(F)CN1CC2COCC2C1. The lowest BCUT2D eigenvalue weighted by atomic mass is 10.0. The van der Waals surface area contributed by atoms with E-state index in [1.165, 1.54) is 0 Å². The van der Waals surface area contributed by atoms with Gasteiger partial charge in [0.05, 0.1) is 26.3 Å². The van der Waals surface area contributed by atoms with Gasteiger partial charge in [-0.25, -0.2) is 8.78 Å². The Hall–Kier alpha value is -0.260. The molecule has 2 aliphatic heterocycles. The van der Waals surface area contributed by atoms with Crippen LogP contribution in [0.25, 0.3) is 0 Å². The van der Waals surface area contributed by atoms with Crippen molar-refractivity contribution in [2.24, 2.45) is 17.6 Å². The number of nitrogens with zero attached hydrogens (tertiary/aromatic N) is 1. The third kappa shape index (κ3) is 2.04. The highest BCUT2D eigenvalue weighted by atomic mass is 19.3. The van der Waals surface area contributed by atoms with Crippen LogP contribution < -0.4 is 5.73 Å². The molecule has 0 spiro atoms. The minimum absolute atomic E-state index is 0.198. The van der Waals surface area contributed by atoms with E-state index in [4.69, 9.17) is 10.5 Å². The third-order valence-electron chi connectivity index (χ3n) is 3.07. The van der Waals surface area contributed by atoms with Crippen molar-refractivity contribution in [2.45, 2.75) is 5.92 Å². The van der Waals surface area contributed by atoms with Gasteiger partial charge in [0.2, 0.25) is 0 Å². The van der Waals surface area contributed by atoms with Crippen LogP contribution in [-0.4, -0.2) is 50.2 Å². The molecule has 0 aromatic carbocycles. The molecule has 2 unspecified atom stereocenters. The molecule has 0 amide bonds. The number of hydrogen-bond acceptors (Lipinski definition) is 3. The maximum absolute atomic E-state index is 13.0.